The second-order valence-corrected chi connectivity index (χ2v) is 12.7. The summed E-state index contributed by atoms with van der Waals surface area (Å²) in [6.07, 6.45) is 2.55. The van der Waals surface area contributed by atoms with Crippen molar-refractivity contribution < 1.29 is 61.0 Å². The molecule has 2 amide bonds. The minimum Gasteiger partial charge on any atom is -0.347 e. The first-order valence-electron chi connectivity index (χ1n) is 15.2. The summed E-state index contributed by atoms with van der Waals surface area (Å²) < 4.78 is 2.32. The summed E-state index contributed by atoms with van der Waals surface area (Å²) >= 11 is 0. The minimum absolute atomic E-state index is 0. The zero-order chi connectivity index (χ0) is 31.3. The predicted molar refractivity (Wildman–Crippen MR) is 170 cm³/mol. The van der Waals surface area contributed by atoms with E-state index < -0.39 is 5.41 Å². The molecule has 0 unspecified atom stereocenters. The molecule has 1 fully saturated rings. The van der Waals surface area contributed by atoms with Crippen molar-refractivity contribution in [3.05, 3.63) is 83.7 Å². The zero-order valence-corrected chi connectivity index (χ0v) is 29.9. The monoisotopic (exact) mass is 639 g/mol. The van der Waals surface area contributed by atoms with Gasteiger partial charge < -0.3 is 14.6 Å². The summed E-state index contributed by atoms with van der Waals surface area (Å²) in [5, 5.41) is 21.5. The average Bonchev–Trinajstić information content (AvgIpc) is 3.60. The Morgan fingerprint density at radius 2 is 1.72 bits per heavy atom. The van der Waals surface area contributed by atoms with Crippen molar-refractivity contribution >= 4 is 28.6 Å². The Labute approximate surface area is 309 Å². The third-order valence-electron chi connectivity index (χ3n) is 8.61. The number of carbonyl (C=O) groups excluding carboxylic acids is 2. The molecular formula is C34H34KN9O2. The number of hydrogen-bond donors (Lipinski definition) is 0. The molecule has 7 rings (SSSR count). The van der Waals surface area contributed by atoms with Crippen LogP contribution in [0.25, 0.3) is 33.5 Å². The van der Waals surface area contributed by atoms with Crippen LogP contribution in [0.2, 0.25) is 0 Å². The van der Waals surface area contributed by atoms with Gasteiger partial charge in [-0.05, 0) is 41.7 Å². The van der Waals surface area contributed by atoms with Crippen molar-refractivity contribution in [2.45, 2.75) is 45.6 Å². The van der Waals surface area contributed by atoms with E-state index in [2.05, 4.69) is 61.6 Å². The Hall–Kier alpha value is -3.55. The first-order chi connectivity index (χ1) is 21.7. The Balaban J connectivity index is 0.00000372. The van der Waals surface area contributed by atoms with Gasteiger partial charge in [0.05, 0.1) is 22.6 Å². The average molecular weight is 640 g/mol. The number of hydrogen-bond acceptors (Lipinski definition) is 7. The molecule has 0 radical (unpaired) electrons. The van der Waals surface area contributed by atoms with Crippen molar-refractivity contribution in [1.29, 1.82) is 0 Å². The number of nitrogens with zero attached hydrogens (tertiary/aromatic N) is 9. The normalized spacial score (nSPS) is 15.9. The molecule has 0 N–H and O–H groups in total. The summed E-state index contributed by atoms with van der Waals surface area (Å²) in [6.45, 7) is 4.65. The van der Waals surface area contributed by atoms with Crippen LogP contribution in [0.3, 0.4) is 0 Å². The zero-order valence-electron chi connectivity index (χ0n) is 26.8. The number of amides is 2. The number of imidazole rings is 1. The fraction of sp³-hybridized carbons (Fsp3) is 0.324. The smallest absolute Gasteiger partial charge is 0.347 e. The molecule has 0 atom stereocenters. The maximum atomic E-state index is 12.9. The Morgan fingerprint density at radius 1 is 1.00 bits per heavy atom. The van der Waals surface area contributed by atoms with E-state index in [1.54, 1.807) is 14.1 Å². The molecule has 5 aromatic rings. The van der Waals surface area contributed by atoms with Crippen LogP contribution >= 0.6 is 0 Å². The van der Waals surface area contributed by atoms with Crippen LogP contribution in [0.4, 0.5) is 0 Å². The van der Waals surface area contributed by atoms with Crippen LogP contribution in [0.5, 0.6) is 0 Å². The maximum Gasteiger partial charge on any atom is 1.00 e. The molecule has 11 nitrogen and oxygen atoms in total. The molecule has 1 saturated carbocycles. The number of hydrazone groups is 1. The van der Waals surface area contributed by atoms with Gasteiger partial charge in [0.2, 0.25) is 11.8 Å². The molecule has 0 spiro atoms. The van der Waals surface area contributed by atoms with Gasteiger partial charge in [0, 0.05) is 49.5 Å². The van der Waals surface area contributed by atoms with Crippen molar-refractivity contribution in [2.24, 2.45) is 10.5 Å². The van der Waals surface area contributed by atoms with E-state index >= 15 is 0 Å². The first kappa shape index (κ1) is 32.4. The molecule has 2 aliphatic rings. The van der Waals surface area contributed by atoms with Crippen molar-refractivity contribution in [2.75, 3.05) is 20.6 Å². The molecular weight excluding hydrogens is 606 g/mol. The van der Waals surface area contributed by atoms with Gasteiger partial charge >= 0.3 is 51.4 Å². The number of fused-ring (bicyclic) bond motifs is 1. The molecule has 0 bridgehead atoms. The summed E-state index contributed by atoms with van der Waals surface area (Å²) in [7, 11) is 3.36. The largest absolute Gasteiger partial charge is 1.00 e. The van der Waals surface area contributed by atoms with Gasteiger partial charge in [-0.2, -0.15) is 5.10 Å². The minimum atomic E-state index is -0.488. The Bertz CT molecular complexity index is 1940. The van der Waals surface area contributed by atoms with E-state index in [0.29, 0.717) is 18.3 Å². The first-order valence-corrected chi connectivity index (χ1v) is 15.2. The molecule has 228 valence electrons. The molecule has 46 heavy (non-hydrogen) atoms. The summed E-state index contributed by atoms with van der Waals surface area (Å²) in [5.74, 6) is 1.74. The van der Waals surface area contributed by atoms with Gasteiger partial charge in [0.1, 0.15) is 12.4 Å². The van der Waals surface area contributed by atoms with Crippen LogP contribution in [0.15, 0.2) is 71.8 Å². The van der Waals surface area contributed by atoms with Crippen molar-refractivity contribution in [3.8, 4) is 22.5 Å². The fourth-order valence-electron chi connectivity index (χ4n) is 5.97. The van der Waals surface area contributed by atoms with E-state index in [1.165, 1.54) is 9.91 Å². The van der Waals surface area contributed by atoms with E-state index in [0.717, 1.165) is 63.2 Å². The molecule has 12 heteroatoms. The summed E-state index contributed by atoms with van der Waals surface area (Å²) in [4.78, 5) is 31.9. The standard InChI is InChI=1S/C34H34N9O2.K/c1-34(2)18-29(44)43(20-30(45)41(3)4)38-31(34)24-15-16-27-28(17-24)42(33(35-27)23-13-14-23)19-21-9-11-22(12-10-21)25-7-5-6-8-26(25)32-36-39-40-37-32;/h5-12,15-17,23H,13-14,18-20H2,1-4H3;/q-1;+1. The third kappa shape index (κ3) is 6.36. The fourth-order valence-corrected chi connectivity index (χ4v) is 5.97. The predicted octanol–water partition coefficient (Wildman–Crippen LogP) is 1.49. The van der Waals surface area contributed by atoms with Gasteiger partial charge in [0.15, 0.2) is 0 Å². The summed E-state index contributed by atoms with van der Waals surface area (Å²) in [5.41, 5.74) is 7.32. The molecule has 1 aliphatic heterocycles. The van der Waals surface area contributed by atoms with Crippen LogP contribution in [0, 0.1) is 5.41 Å². The van der Waals surface area contributed by atoms with Crippen LogP contribution in [-0.2, 0) is 16.1 Å². The summed E-state index contributed by atoms with van der Waals surface area (Å²) in [6, 6.07) is 22.8. The molecule has 3 aromatic carbocycles. The van der Waals surface area contributed by atoms with E-state index in [9.17, 15) is 9.59 Å². The number of rotatable bonds is 8. The van der Waals surface area contributed by atoms with E-state index in [-0.39, 0.29) is 76.2 Å². The molecule has 2 aromatic heterocycles. The van der Waals surface area contributed by atoms with Crippen LogP contribution in [0.1, 0.15) is 56.0 Å². The van der Waals surface area contributed by atoms with Gasteiger partial charge in [-0.1, -0.05) is 68.4 Å². The Morgan fingerprint density at radius 3 is 2.39 bits per heavy atom. The van der Waals surface area contributed by atoms with Crippen molar-refractivity contribution in [3.63, 3.8) is 0 Å². The number of tetrazole rings is 1. The maximum absolute atomic E-state index is 12.9. The number of carbonyl (C=O) groups is 2. The van der Waals surface area contributed by atoms with Gasteiger partial charge in [-0.15, -0.1) is 0 Å². The molecule has 0 saturated heterocycles. The number of aromatic nitrogens is 6. The molecule has 3 heterocycles. The van der Waals surface area contributed by atoms with Gasteiger partial charge in [-0.25, -0.2) is 15.1 Å². The topological polar surface area (TPSA) is 124 Å². The molecule has 1 aliphatic carbocycles. The van der Waals surface area contributed by atoms with Gasteiger partial charge in [0.25, 0.3) is 0 Å². The Kier molecular flexibility index (Phi) is 9.10. The SMILES string of the molecule is CN(C)C(=O)CN1N=C(c2ccc3nc(C4CC4)n(Cc4ccc(-c5ccccc5-c5nn[n-]n5)cc4)c3c2)C(C)(C)CC1=O.[K+]. The van der Waals surface area contributed by atoms with E-state index in [1.807, 2.05) is 44.2 Å². The second-order valence-electron chi connectivity index (χ2n) is 12.7. The van der Waals surface area contributed by atoms with Crippen LogP contribution in [-0.4, -0.2) is 73.0 Å². The van der Waals surface area contributed by atoms with Gasteiger partial charge in [-0.3, -0.25) is 20.0 Å². The quantitative estimate of drug-likeness (QED) is 0.236. The number of benzene rings is 3. The van der Waals surface area contributed by atoms with E-state index in [4.69, 9.17) is 10.1 Å². The second kappa shape index (κ2) is 12.9. The van der Waals surface area contributed by atoms with Crippen LogP contribution < -0.4 is 56.6 Å². The number of likely N-dealkylation sites (N-methyl/N-ethyl adjacent to an activating group) is 1. The van der Waals surface area contributed by atoms with Crippen molar-refractivity contribution in [1.82, 2.24) is 40.1 Å². The third-order valence-corrected chi connectivity index (χ3v) is 8.61.